The lowest BCUT2D eigenvalue weighted by Gasteiger charge is -2.18. The van der Waals surface area contributed by atoms with Crippen LogP contribution in [0.1, 0.15) is 279 Å². The van der Waals surface area contributed by atoms with E-state index in [0.717, 1.165) is 69.6 Å². The average molecular weight is 807 g/mol. The van der Waals surface area contributed by atoms with Gasteiger partial charge < -0.3 is 14.2 Å². The monoisotopic (exact) mass is 807 g/mol. The molecule has 6 nitrogen and oxygen atoms in total. The number of unbranched alkanes of at least 4 members (excludes halogenated alkanes) is 30. The van der Waals surface area contributed by atoms with Crippen molar-refractivity contribution in [2.24, 2.45) is 11.8 Å². The summed E-state index contributed by atoms with van der Waals surface area (Å²) < 4.78 is 16.8. The van der Waals surface area contributed by atoms with Crippen molar-refractivity contribution in [2.75, 3.05) is 13.2 Å². The van der Waals surface area contributed by atoms with E-state index in [1.807, 2.05) is 0 Å². The van der Waals surface area contributed by atoms with Gasteiger partial charge in [-0.1, -0.05) is 240 Å². The Morgan fingerprint density at radius 1 is 0.333 bits per heavy atom. The second-order valence-corrected chi connectivity index (χ2v) is 18.4. The van der Waals surface area contributed by atoms with Crippen LogP contribution in [0.3, 0.4) is 0 Å². The predicted molar refractivity (Wildman–Crippen MR) is 243 cm³/mol. The maximum atomic E-state index is 12.7. The minimum absolute atomic E-state index is 0.0646. The molecule has 338 valence electrons. The largest absolute Gasteiger partial charge is 0.462 e. The van der Waals surface area contributed by atoms with Gasteiger partial charge in [0.1, 0.15) is 13.2 Å². The first kappa shape index (κ1) is 55.4. The summed E-state index contributed by atoms with van der Waals surface area (Å²) >= 11 is 0. The van der Waals surface area contributed by atoms with Crippen LogP contribution in [0.2, 0.25) is 0 Å². The fourth-order valence-electron chi connectivity index (χ4n) is 7.64. The molecule has 0 aliphatic rings. The summed E-state index contributed by atoms with van der Waals surface area (Å²) in [5.41, 5.74) is 0. The Balaban J connectivity index is 4.28. The van der Waals surface area contributed by atoms with E-state index in [1.165, 1.54) is 167 Å². The van der Waals surface area contributed by atoms with Crippen LogP contribution in [0.15, 0.2) is 0 Å². The average Bonchev–Trinajstić information content (AvgIpc) is 3.18. The maximum Gasteiger partial charge on any atom is 0.306 e. The van der Waals surface area contributed by atoms with E-state index in [0.29, 0.717) is 19.3 Å². The third-order valence-corrected chi connectivity index (χ3v) is 11.5. The molecule has 0 spiro atoms. The molecule has 0 aromatic heterocycles. The zero-order chi connectivity index (χ0) is 41.9. The molecular weight excluding hydrogens is 709 g/mol. The number of ether oxygens (including phenoxy) is 3. The van der Waals surface area contributed by atoms with Gasteiger partial charge in [-0.2, -0.15) is 0 Å². The molecule has 0 saturated carbocycles. The number of rotatable bonds is 45. The summed E-state index contributed by atoms with van der Waals surface area (Å²) in [5.74, 6) is 0.752. The van der Waals surface area contributed by atoms with Gasteiger partial charge in [0.2, 0.25) is 0 Å². The number of carbonyl (C=O) groups excluding carboxylic acids is 3. The van der Waals surface area contributed by atoms with E-state index in [2.05, 4.69) is 34.6 Å². The zero-order valence-corrected chi connectivity index (χ0v) is 39.0. The molecule has 0 aliphatic heterocycles. The molecule has 0 N–H and O–H groups in total. The van der Waals surface area contributed by atoms with Crippen LogP contribution in [0, 0.1) is 11.8 Å². The first-order chi connectivity index (χ1) is 27.7. The van der Waals surface area contributed by atoms with Gasteiger partial charge in [-0.05, 0) is 31.1 Å². The summed E-state index contributed by atoms with van der Waals surface area (Å²) in [6.07, 6.45) is 43.8. The van der Waals surface area contributed by atoms with Gasteiger partial charge in [0.05, 0.1) is 0 Å². The smallest absolute Gasteiger partial charge is 0.306 e. The lowest BCUT2D eigenvalue weighted by molar-refractivity contribution is -0.167. The summed E-state index contributed by atoms with van der Waals surface area (Å²) in [5, 5.41) is 0. The third kappa shape index (κ3) is 45.3. The Morgan fingerprint density at radius 3 is 0.860 bits per heavy atom. The highest BCUT2D eigenvalue weighted by atomic mass is 16.6. The zero-order valence-electron chi connectivity index (χ0n) is 39.0. The molecule has 6 heteroatoms. The first-order valence-corrected chi connectivity index (χ1v) is 25.2. The van der Waals surface area contributed by atoms with Crippen molar-refractivity contribution in [3.8, 4) is 0 Å². The van der Waals surface area contributed by atoms with Crippen molar-refractivity contribution < 1.29 is 28.6 Å². The van der Waals surface area contributed by atoms with Crippen LogP contribution in [-0.4, -0.2) is 37.2 Å². The molecule has 0 fully saturated rings. The molecule has 0 unspecified atom stereocenters. The third-order valence-electron chi connectivity index (χ3n) is 11.5. The summed E-state index contributed by atoms with van der Waals surface area (Å²) in [6, 6.07) is 0. The molecule has 0 saturated heterocycles. The van der Waals surface area contributed by atoms with Crippen LogP contribution >= 0.6 is 0 Å². The molecule has 0 rings (SSSR count). The van der Waals surface area contributed by atoms with Gasteiger partial charge in [-0.3, -0.25) is 14.4 Å². The van der Waals surface area contributed by atoms with Crippen LogP contribution < -0.4 is 0 Å². The van der Waals surface area contributed by atoms with Crippen LogP contribution in [0.4, 0.5) is 0 Å². The van der Waals surface area contributed by atoms with Crippen molar-refractivity contribution in [3.63, 3.8) is 0 Å². The Hall–Kier alpha value is -1.59. The van der Waals surface area contributed by atoms with Gasteiger partial charge in [-0.25, -0.2) is 0 Å². The van der Waals surface area contributed by atoms with E-state index in [9.17, 15) is 14.4 Å². The highest BCUT2D eigenvalue weighted by Crippen LogP contribution is 2.17. The fraction of sp³-hybridized carbons (Fsp3) is 0.941. The number of hydrogen-bond acceptors (Lipinski definition) is 6. The molecule has 0 aliphatic carbocycles. The number of carbonyl (C=O) groups is 3. The second kappa shape index (κ2) is 44.0. The molecule has 0 heterocycles. The van der Waals surface area contributed by atoms with Crippen molar-refractivity contribution >= 4 is 17.9 Å². The van der Waals surface area contributed by atoms with Gasteiger partial charge in [-0.15, -0.1) is 0 Å². The normalized spacial score (nSPS) is 12.1. The minimum Gasteiger partial charge on any atom is -0.462 e. The van der Waals surface area contributed by atoms with Gasteiger partial charge >= 0.3 is 17.9 Å². The molecule has 0 amide bonds. The van der Waals surface area contributed by atoms with Crippen LogP contribution in [-0.2, 0) is 28.6 Å². The number of esters is 3. The summed E-state index contributed by atoms with van der Waals surface area (Å²) in [4.78, 5) is 37.9. The molecule has 0 radical (unpaired) electrons. The van der Waals surface area contributed by atoms with Crippen LogP contribution in [0.5, 0.6) is 0 Å². The molecule has 1 atom stereocenters. The van der Waals surface area contributed by atoms with Crippen molar-refractivity contribution in [1.82, 2.24) is 0 Å². The maximum absolute atomic E-state index is 12.7. The summed E-state index contributed by atoms with van der Waals surface area (Å²) in [7, 11) is 0. The van der Waals surface area contributed by atoms with Gasteiger partial charge in [0, 0.05) is 19.3 Å². The van der Waals surface area contributed by atoms with Crippen molar-refractivity contribution in [1.29, 1.82) is 0 Å². The summed E-state index contributed by atoms with van der Waals surface area (Å²) in [6.45, 7) is 11.3. The molecule has 0 aromatic rings. The van der Waals surface area contributed by atoms with E-state index in [-0.39, 0.29) is 31.1 Å². The lowest BCUT2D eigenvalue weighted by Crippen LogP contribution is -2.30. The molecule has 57 heavy (non-hydrogen) atoms. The lowest BCUT2D eigenvalue weighted by atomic mass is 10.0. The SMILES string of the molecule is CCCCCCCCCCCCCCCCCC(=O)OC[C@H](COC(=O)CCCCCCCCCCCCCC(C)C)OC(=O)CCCCCCCCCC(C)C. The fourth-order valence-corrected chi connectivity index (χ4v) is 7.64. The first-order valence-electron chi connectivity index (χ1n) is 25.2. The molecular formula is C51H98O6. The van der Waals surface area contributed by atoms with Crippen molar-refractivity contribution in [2.45, 2.75) is 285 Å². The van der Waals surface area contributed by atoms with E-state index >= 15 is 0 Å². The van der Waals surface area contributed by atoms with E-state index in [4.69, 9.17) is 14.2 Å². The highest BCUT2D eigenvalue weighted by Gasteiger charge is 2.19. The van der Waals surface area contributed by atoms with Crippen molar-refractivity contribution in [3.05, 3.63) is 0 Å². The molecule has 0 aromatic carbocycles. The van der Waals surface area contributed by atoms with E-state index in [1.54, 1.807) is 0 Å². The Bertz CT molecular complexity index is 870. The minimum atomic E-state index is -0.761. The Morgan fingerprint density at radius 2 is 0.579 bits per heavy atom. The quantitative estimate of drug-likeness (QED) is 0.0346. The standard InChI is InChI=1S/C51H98O6/c1-6-7-8-9-10-11-12-13-14-15-18-21-26-31-36-41-49(52)55-44-48(57-51(54)43-38-33-28-23-25-30-35-40-47(4)5)45-56-50(53)42-37-32-27-22-19-16-17-20-24-29-34-39-46(2)3/h46-48H,6-45H2,1-5H3/t48-/m1/s1. The number of hydrogen-bond donors (Lipinski definition) is 0. The topological polar surface area (TPSA) is 78.9 Å². The van der Waals surface area contributed by atoms with Gasteiger partial charge in [0.15, 0.2) is 6.10 Å². The van der Waals surface area contributed by atoms with E-state index < -0.39 is 6.10 Å². The van der Waals surface area contributed by atoms with Crippen LogP contribution in [0.25, 0.3) is 0 Å². The molecule has 0 bridgehead atoms. The Kier molecular flexibility index (Phi) is 42.7. The second-order valence-electron chi connectivity index (χ2n) is 18.4. The highest BCUT2D eigenvalue weighted by molar-refractivity contribution is 5.71. The predicted octanol–water partition coefficient (Wildman–Crippen LogP) is 16.1. The Labute approximate surface area is 355 Å². The van der Waals surface area contributed by atoms with Gasteiger partial charge in [0.25, 0.3) is 0 Å².